The van der Waals surface area contributed by atoms with E-state index in [-0.39, 0.29) is 0 Å². The van der Waals surface area contributed by atoms with Crippen LogP contribution in [0.4, 0.5) is 0 Å². The third-order valence-electron chi connectivity index (χ3n) is 2.87. The van der Waals surface area contributed by atoms with Crippen LogP contribution in [0, 0.1) is 31.3 Å². The lowest BCUT2D eigenvalue weighted by Gasteiger charge is -2.15. The van der Waals surface area contributed by atoms with Crippen molar-refractivity contribution in [2.24, 2.45) is 0 Å². The molecule has 0 aliphatic rings. The summed E-state index contributed by atoms with van der Waals surface area (Å²) >= 11 is 4.91. The van der Waals surface area contributed by atoms with Crippen molar-refractivity contribution in [2.75, 3.05) is 0 Å². The third kappa shape index (κ3) is 2.03. The highest BCUT2D eigenvalue weighted by Crippen LogP contribution is 2.29. The Labute approximate surface area is 108 Å². The van der Waals surface area contributed by atoms with Gasteiger partial charge in [0.15, 0.2) is 0 Å². The number of alkyl halides is 1. The van der Waals surface area contributed by atoms with Crippen LogP contribution in [0.3, 0.4) is 0 Å². The van der Waals surface area contributed by atoms with Gasteiger partial charge in [-0.05, 0) is 78.1 Å². The maximum absolute atomic E-state index is 2.47. The molecule has 1 aromatic carbocycles. The molecule has 0 aliphatic carbocycles. The summed E-state index contributed by atoms with van der Waals surface area (Å²) in [5, 5.41) is 0. The van der Waals surface area contributed by atoms with Gasteiger partial charge in [-0.2, -0.15) is 0 Å². The molecule has 0 nitrogen and oxygen atoms in total. The molecule has 0 fully saturated rings. The van der Waals surface area contributed by atoms with Crippen LogP contribution in [-0.2, 0) is 4.43 Å². The van der Waals surface area contributed by atoms with Crippen molar-refractivity contribution < 1.29 is 0 Å². The molecule has 0 amide bonds. The van der Waals surface area contributed by atoms with E-state index >= 15 is 0 Å². The first kappa shape index (κ1) is 11.8. The SMILES string of the molecule is Cc1c(C)c(C)c(CI)c(I)c1C. The highest BCUT2D eigenvalue weighted by molar-refractivity contribution is 14.1. The van der Waals surface area contributed by atoms with Crippen LogP contribution in [0.25, 0.3) is 0 Å². The molecule has 72 valence electrons. The normalized spacial score (nSPS) is 10.6. The Kier molecular flexibility index (Phi) is 4.04. The maximum atomic E-state index is 2.47. The lowest BCUT2D eigenvalue weighted by molar-refractivity contribution is 1.15. The molecule has 0 bridgehead atoms. The standard InChI is InChI=1S/C11H14I2/c1-6-7(2)9(4)11(13)10(5-12)8(6)3/h5H2,1-4H3. The summed E-state index contributed by atoms with van der Waals surface area (Å²) in [5.74, 6) is 0. The van der Waals surface area contributed by atoms with Gasteiger partial charge in [-0.1, -0.05) is 22.6 Å². The van der Waals surface area contributed by atoms with E-state index in [0.717, 1.165) is 4.43 Å². The zero-order chi connectivity index (χ0) is 10.2. The second-order valence-corrected chi connectivity index (χ2v) is 5.27. The summed E-state index contributed by atoms with van der Waals surface area (Å²) in [6, 6.07) is 0. The molecule has 1 aromatic rings. The van der Waals surface area contributed by atoms with Gasteiger partial charge in [-0.25, -0.2) is 0 Å². The average molecular weight is 400 g/mol. The van der Waals surface area contributed by atoms with Crippen molar-refractivity contribution in [3.8, 4) is 0 Å². The first-order valence-corrected chi connectivity index (χ1v) is 6.91. The van der Waals surface area contributed by atoms with E-state index in [0.29, 0.717) is 0 Å². The van der Waals surface area contributed by atoms with Gasteiger partial charge >= 0.3 is 0 Å². The molecule has 0 aliphatic heterocycles. The van der Waals surface area contributed by atoms with Gasteiger partial charge in [0.2, 0.25) is 0 Å². The lowest BCUT2D eigenvalue weighted by atomic mass is 9.95. The second kappa shape index (κ2) is 4.47. The Morgan fingerprint density at radius 3 is 1.77 bits per heavy atom. The molecule has 0 atom stereocenters. The maximum Gasteiger partial charge on any atom is 0.0260 e. The summed E-state index contributed by atoms with van der Waals surface area (Å²) < 4.78 is 2.57. The summed E-state index contributed by atoms with van der Waals surface area (Å²) in [5.41, 5.74) is 7.36. The van der Waals surface area contributed by atoms with Crippen LogP contribution < -0.4 is 0 Å². The van der Waals surface area contributed by atoms with Crippen molar-refractivity contribution in [1.29, 1.82) is 0 Å². The minimum Gasteiger partial charge on any atom is -0.0811 e. The van der Waals surface area contributed by atoms with Crippen LogP contribution in [0.15, 0.2) is 0 Å². The molecule has 0 N–H and O–H groups in total. The zero-order valence-corrected chi connectivity index (χ0v) is 12.8. The average Bonchev–Trinajstić information content (AvgIpc) is 2.13. The van der Waals surface area contributed by atoms with Gasteiger partial charge in [0.25, 0.3) is 0 Å². The molecule has 0 saturated heterocycles. The van der Waals surface area contributed by atoms with Crippen molar-refractivity contribution in [2.45, 2.75) is 32.1 Å². The van der Waals surface area contributed by atoms with E-state index in [4.69, 9.17) is 0 Å². The predicted octanol–water partition coefficient (Wildman–Crippen LogP) is 4.46. The fraction of sp³-hybridized carbons (Fsp3) is 0.455. The fourth-order valence-corrected chi connectivity index (χ4v) is 4.19. The summed E-state index contributed by atoms with van der Waals surface area (Å²) in [7, 11) is 0. The summed E-state index contributed by atoms with van der Waals surface area (Å²) in [6.45, 7) is 8.90. The van der Waals surface area contributed by atoms with Gasteiger partial charge < -0.3 is 0 Å². The monoisotopic (exact) mass is 400 g/mol. The third-order valence-corrected chi connectivity index (χ3v) is 5.09. The Morgan fingerprint density at radius 2 is 1.31 bits per heavy atom. The molecule has 13 heavy (non-hydrogen) atoms. The van der Waals surface area contributed by atoms with E-state index in [1.807, 2.05) is 0 Å². The second-order valence-electron chi connectivity index (χ2n) is 3.43. The van der Waals surface area contributed by atoms with Gasteiger partial charge in [0.05, 0.1) is 0 Å². The summed E-state index contributed by atoms with van der Waals surface area (Å²) in [4.78, 5) is 0. The first-order valence-electron chi connectivity index (χ1n) is 4.31. The van der Waals surface area contributed by atoms with E-state index in [9.17, 15) is 0 Å². The first-order chi connectivity index (χ1) is 6.00. The molecule has 0 saturated carbocycles. The molecule has 0 unspecified atom stereocenters. The predicted molar refractivity (Wildman–Crippen MR) is 75.8 cm³/mol. The van der Waals surface area contributed by atoms with Crippen LogP contribution >= 0.6 is 45.2 Å². The quantitative estimate of drug-likeness (QED) is 0.483. The van der Waals surface area contributed by atoms with Crippen molar-refractivity contribution in [1.82, 2.24) is 0 Å². The Balaban J connectivity index is 3.56. The highest BCUT2D eigenvalue weighted by Gasteiger charge is 2.11. The van der Waals surface area contributed by atoms with Crippen LogP contribution in [0.5, 0.6) is 0 Å². The lowest BCUT2D eigenvalue weighted by Crippen LogP contribution is -2.00. The van der Waals surface area contributed by atoms with Gasteiger partial charge in [0, 0.05) is 8.00 Å². The molecule has 2 heteroatoms. The zero-order valence-electron chi connectivity index (χ0n) is 8.46. The molecule has 0 aromatic heterocycles. The van der Waals surface area contributed by atoms with E-state index in [1.165, 1.54) is 31.4 Å². The topological polar surface area (TPSA) is 0 Å². The Hall–Kier alpha value is 0.680. The van der Waals surface area contributed by atoms with Gasteiger partial charge in [0.1, 0.15) is 0 Å². The minimum absolute atomic E-state index is 1.11. The van der Waals surface area contributed by atoms with Crippen molar-refractivity contribution in [3.05, 3.63) is 31.4 Å². The molecule has 0 heterocycles. The van der Waals surface area contributed by atoms with Crippen molar-refractivity contribution in [3.63, 3.8) is 0 Å². The molecule has 0 spiro atoms. The molecule has 0 radical (unpaired) electrons. The van der Waals surface area contributed by atoms with Gasteiger partial charge in [-0.15, -0.1) is 0 Å². The van der Waals surface area contributed by atoms with Gasteiger partial charge in [-0.3, -0.25) is 0 Å². The summed E-state index contributed by atoms with van der Waals surface area (Å²) in [6.07, 6.45) is 0. The molecular weight excluding hydrogens is 386 g/mol. The number of hydrogen-bond donors (Lipinski definition) is 0. The van der Waals surface area contributed by atoms with Crippen LogP contribution in [-0.4, -0.2) is 0 Å². The van der Waals surface area contributed by atoms with Crippen LogP contribution in [0.1, 0.15) is 27.8 Å². The number of benzene rings is 1. The van der Waals surface area contributed by atoms with E-state index in [1.54, 1.807) is 0 Å². The Morgan fingerprint density at radius 1 is 0.846 bits per heavy atom. The fourth-order valence-electron chi connectivity index (χ4n) is 1.50. The number of hydrogen-bond acceptors (Lipinski definition) is 0. The van der Waals surface area contributed by atoms with Crippen molar-refractivity contribution >= 4 is 45.2 Å². The minimum atomic E-state index is 1.11. The van der Waals surface area contributed by atoms with E-state index < -0.39 is 0 Å². The Bertz CT molecular complexity index is 311. The number of halogens is 2. The number of rotatable bonds is 1. The highest BCUT2D eigenvalue weighted by atomic mass is 127. The molecule has 1 rings (SSSR count). The van der Waals surface area contributed by atoms with Crippen LogP contribution in [0.2, 0.25) is 0 Å². The van der Waals surface area contributed by atoms with E-state index in [2.05, 4.69) is 72.9 Å². The largest absolute Gasteiger partial charge is 0.0811 e. The smallest absolute Gasteiger partial charge is 0.0260 e. The molecular formula is C11H14I2.